The number of hydrogen-bond acceptors (Lipinski definition) is 6. The molecule has 0 amide bonds. The molecule has 0 spiro atoms. The van der Waals surface area contributed by atoms with E-state index >= 15 is 0 Å². The zero-order valence-electron chi connectivity index (χ0n) is 20.8. The molecule has 0 saturated carbocycles. The summed E-state index contributed by atoms with van der Waals surface area (Å²) >= 11 is 0. The summed E-state index contributed by atoms with van der Waals surface area (Å²) in [5.74, 6) is 0.616. The summed E-state index contributed by atoms with van der Waals surface area (Å²) in [6.07, 6.45) is 3.62. The van der Waals surface area contributed by atoms with Crippen LogP contribution in [0.25, 0.3) is 22.9 Å². The molecule has 1 N–H and O–H groups in total. The first kappa shape index (κ1) is 24.9. The summed E-state index contributed by atoms with van der Waals surface area (Å²) in [5.41, 5.74) is 4.81. The second-order valence-electron chi connectivity index (χ2n) is 9.04. The van der Waals surface area contributed by atoms with Crippen LogP contribution < -0.4 is 10.2 Å². The molecule has 8 heteroatoms. The van der Waals surface area contributed by atoms with Gasteiger partial charge in [0.05, 0.1) is 16.8 Å². The van der Waals surface area contributed by atoms with Crippen LogP contribution in [0.5, 0.6) is 0 Å². The molecule has 0 bridgehead atoms. The Hall–Kier alpha value is -3.23. The molecular weight excluding hydrogens is 458 g/mol. The molecule has 3 aromatic rings. The van der Waals surface area contributed by atoms with E-state index in [1.165, 1.54) is 5.69 Å². The molecule has 0 radical (unpaired) electrons. The second kappa shape index (κ2) is 10.2. The van der Waals surface area contributed by atoms with E-state index < -0.39 is 9.84 Å². The largest absolute Gasteiger partial charge is 0.364 e. The fourth-order valence-corrected chi connectivity index (χ4v) is 5.56. The topological polar surface area (TPSA) is 79.6 Å². The third kappa shape index (κ3) is 5.09. The van der Waals surface area contributed by atoms with Gasteiger partial charge in [0.1, 0.15) is 0 Å². The minimum Gasteiger partial charge on any atom is -0.364 e. The second-order valence-corrected chi connectivity index (χ2v) is 11.3. The number of nitrogens with one attached hydrogen (secondary N) is 1. The molecule has 0 unspecified atom stereocenters. The average Bonchev–Trinajstić information content (AvgIpc) is 3.26. The lowest BCUT2D eigenvalue weighted by molar-refractivity contribution is 0.432. The summed E-state index contributed by atoms with van der Waals surface area (Å²) in [6, 6.07) is 16.4. The third-order valence-electron chi connectivity index (χ3n) is 6.57. The summed E-state index contributed by atoms with van der Waals surface area (Å²) in [6.45, 7) is 13.9. The molecular formula is C27H33N5O2S. The molecule has 7 nitrogen and oxygen atoms in total. The van der Waals surface area contributed by atoms with Crippen LogP contribution in [-0.2, 0) is 9.84 Å². The number of allylic oxidation sites excluding steroid dienone is 1. The van der Waals surface area contributed by atoms with Crippen molar-refractivity contribution in [2.24, 2.45) is 4.99 Å². The van der Waals surface area contributed by atoms with E-state index in [0.717, 1.165) is 35.4 Å². The summed E-state index contributed by atoms with van der Waals surface area (Å²) in [7, 11) is -3.31. The fourth-order valence-electron chi connectivity index (χ4n) is 4.63. The van der Waals surface area contributed by atoms with Gasteiger partial charge in [-0.2, -0.15) is 5.10 Å². The van der Waals surface area contributed by atoms with Gasteiger partial charge < -0.3 is 10.2 Å². The maximum absolute atomic E-state index is 12.3. The molecule has 35 heavy (non-hydrogen) atoms. The highest BCUT2D eigenvalue weighted by molar-refractivity contribution is 7.91. The Kier molecular flexibility index (Phi) is 7.23. The Labute approximate surface area is 208 Å². The zero-order chi connectivity index (χ0) is 25.2. The highest BCUT2D eigenvalue weighted by Crippen LogP contribution is 2.33. The summed E-state index contributed by atoms with van der Waals surface area (Å²) < 4.78 is 26.4. The van der Waals surface area contributed by atoms with Crippen LogP contribution in [0.1, 0.15) is 33.3 Å². The monoisotopic (exact) mass is 491 g/mol. The normalized spacial score (nSPS) is 19.1. The molecule has 1 fully saturated rings. The summed E-state index contributed by atoms with van der Waals surface area (Å²) in [5, 5.41) is 7.97. The highest BCUT2D eigenvalue weighted by Gasteiger charge is 2.24. The van der Waals surface area contributed by atoms with Gasteiger partial charge in [-0.15, -0.1) is 0 Å². The minimum absolute atomic E-state index is 0.0511. The van der Waals surface area contributed by atoms with Crippen molar-refractivity contribution in [1.82, 2.24) is 15.1 Å². The Balaban J connectivity index is 1.62. The first-order valence-electron chi connectivity index (χ1n) is 11.9. The van der Waals surface area contributed by atoms with Crippen molar-refractivity contribution in [3.05, 3.63) is 60.3 Å². The minimum atomic E-state index is -3.31. The SMILES string of the molecule is C=Nc1c(-c2cccc(S(=O)(=O)CC)c2)cnn1/C=C(\C)c1ccc(N2[C@H](C)CNC[C@@H]2C)cc1. The van der Waals surface area contributed by atoms with E-state index in [-0.39, 0.29) is 5.75 Å². The van der Waals surface area contributed by atoms with E-state index in [9.17, 15) is 8.42 Å². The van der Waals surface area contributed by atoms with Gasteiger partial charge in [0.2, 0.25) is 0 Å². The Morgan fingerprint density at radius 3 is 2.49 bits per heavy atom. The van der Waals surface area contributed by atoms with Crippen LogP contribution in [-0.4, -0.2) is 55.8 Å². The first-order chi connectivity index (χ1) is 16.7. The van der Waals surface area contributed by atoms with Crippen molar-refractivity contribution in [3.63, 3.8) is 0 Å². The van der Waals surface area contributed by atoms with Crippen molar-refractivity contribution < 1.29 is 8.42 Å². The van der Waals surface area contributed by atoms with Crippen molar-refractivity contribution in [3.8, 4) is 11.1 Å². The van der Waals surface area contributed by atoms with Crippen molar-refractivity contribution in [2.75, 3.05) is 23.7 Å². The molecule has 4 rings (SSSR count). The Morgan fingerprint density at radius 1 is 1.17 bits per heavy atom. The molecule has 1 aliphatic heterocycles. The molecule has 184 valence electrons. The number of benzene rings is 2. The number of rotatable bonds is 7. The molecule has 2 aromatic carbocycles. The molecule has 2 atom stereocenters. The number of anilines is 1. The molecule has 1 aromatic heterocycles. The predicted octanol–water partition coefficient (Wildman–Crippen LogP) is 4.88. The number of aromatic nitrogens is 2. The van der Waals surface area contributed by atoms with Crippen molar-refractivity contribution in [2.45, 2.75) is 44.7 Å². The lowest BCUT2D eigenvalue weighted by atomic mass is 10.0. The van der Waals surface area contributed by atoms with Crippen LogP contribution in [0.4, 0.5) is 11.5 Å². The van der Waals surface area contributed by atoms with Gasteiger partial charge >= 0.3 is 0 Å². The van der Waals surface area contributed by atoms with Crippen LogP contribution in [0.15, 0.2) is 64.6 Å². The lowest BCUT2D eigenvalue weighted by Gasteiger charge is -2.41. The molecule has 1 aliphatic rings. The predicted molar refractivity (Wildman–Crippen MR) is 145 cm³/mol. The lowest BCUT2D eigenvalue weighted by Crippen LogP contribution is -2.55. The van der Waals surface area contributed by atoms with Crippen LogP contribution in [0, 0.1) is 0 Å². The number of hydrogen-bond donors (Lipinski definition) is 1. The van der Waals surface area contributed by atoms with E-state index in [4.69, 9.17) is 0 Å². The molecule has 1 saturated heterocycles. The van der Waals surface area contributed by atoms with Gasteiger partial charge in [-0.25, -0.2) is 18.1 Å². The quantitative estimate of drug-likeness (QED) is 0.477. The fraction of sp³-hybridized carbons (Fsp3) is 0.333. The van der Waals surface area contributed by atoms with Crippen molar-refractivity contribution >= 4 is 39.8 Å². The van der Waals surface area contributed by atoms with E-state index in [1.807, 2.05) is 19.2 Å². The van der Waals surface area contributed by atoms with Crippen LogP contribution in [0.2, 0.25) is 0 Å². The van der Waals surface area contributed by atoms with Gasteiger partial charge in [0, 0.05) is 42.6 Å². The Morgan fingerprint density at radius 2 is 1.86 bits per heavy atom. The van der Waals surface area contributed by atoms with Gasteiger partial charge in [-0.1, -0.05) is 31.2 Å². The summed E-state index contributed by atoms with van der Waals surface area (Å²) in [4.78, 5) is 6.96. The average molecular weight is 492 g/mol. The highest BCUT2D eigenvalue weighted by atomic mass is 32.2. The maximum Gasteiger partial charge on any atom is 0.178 e. The molecule has 2 heterocycles. The van der Waals surface area contributed by atoms with Crippen LogP contribution in [0.3, 0.4) is 0 Å². The number of piperazine rings is 1. The van der Waals surface area contributed by atoms with Gasteiger partial charge in [0.25, 0.3) is 0 Å². The maximum atomic E-state index is 12.3. The number of sulfone groups is 1. The van der Waals surface area contributed by atoms with Gasteiger partial charge in [-0.3, -0.25) is 0 Å². The third-order valence-corrected chi connectivity index (χ3v) is 8.30. The van der Waals surface area contributed by atoms with E-state index in [1.54, 1.807) is 36.0 Å². The van der Waals surface area contributed by atoms with Gasteiger partial charge in [0.15, 0.2) is 15.7 Å². The smallest absolute Gasteiger partial charge is 0.178 e. The first-order valence-corrected chi connectivity index (χ1v) is 13.6. The zero-order valence-corrected chi connectivity index (χ0v) is 21.6. The van der Waals surface area contributed by atoms with Crippen molar-refractivity contribution in [1.29, 1.82) is 0 Å². The van der Waals surface area contributed by atoms with Crippen LogP contribution >= 0.6 is 0 Å². The standard InChI is InChI=1S/C27H33N5O2S/c1-6-35(33,34)25-9-7-8-23(14-25)26-17-30-31(27(26)28-5)18-19(2)22-10-12-24(13-11-22)32-20(3)15-29-16-21(32)4/h7-14,17-18,20-21,29H,5-6,15-16H2,1-4H3/b19-18+/t20-,21+. The van der Waals surface area contributed by atoms with Gasteiger partial charge in [-0.05, 0) is 68.5 Å². The van der Waals surface area contributed by atoms with E-state index in [0.29, 0.717) is 22.8 Å². The Bertz CT molecular complexity index is 1330. The van der Waals surface area contributed by atoms with E-state index in [2.05, 4.69) is 65.1 Å². The molecule has 0 aliphatic carbocycles. The number of nitrogens with zero attached hydrogens (tertiary/aromatic N) is 4. The number of aliphatic imine (C=N–C) groups is 1.